The third kappa shape index (κ3) is 3.73. The number of nitrogens with one attached hydrogen (secondary N) is 1. The summed E-state index contributed by atoms with van der Waals surface area (Å²) in [5.41, 5.74) is 6.32. The van der Waals surface area contributed by atoms with Crippen molar-refractivity contribution < 1.29 is 14.1 Å². The van der Waals surface area contributed by atoms with E-state index in [0.717, 1.165) is 10.1 Å². The molecule has 0 fully saturated rings. The predicted molar refractivity (Wildman–Crippen MR) is 108 cm³/mol. The quantitative estimate of drug-likeness (QED) is 0.493. The van der Waals surface area contributed by atoms with E-state index in [1.165, 1.54) is 11.5 Å². The Hall–Kier alpha value is -3.21. The fourth-order valence-corrected chi connectivity index (χ4v) is 4.32. The zero-order valence-electron chi connectivity index (χ0n) is 16.0. The number of carboxylic acid groups (broad SMARTS) is 1. The second kappa shape index (κ2) is 7.66. The van der Waals surface area contributed by atoms with Gasteiger partial charge in [0.25, 0.3) is 0 Å². The van der Waals surface area contributed by atoms with Gasteiger partial charge in [-0.3, -0.25) is 9.13 Å². The fraction of sp³-hybridized carbons (Fsp3) is 0.333. The van der Waals surface area contributed by atoms with Gasteiger partial charge in [-0.05, 0) is 18.9 Å². The van der Waals surface area contributed by atoms with Crippen LogP contribution >= 0.6 is 0 Å². The molecule has 1 aromatic carbocycles. The summed E-state index contributed by atoms with van der Waals surface area (Å²) in [4.78, 5) is 32.9. The summed E-state index contributed by atoms with van der Waals surface area (Å²) in [5.74, 6) is -1.35. The minimum absolute atomic E-state index is 0.0487. The third-order valence-corrected chi connectivity index (χ3v) is 6.28. The molecule has 0 aliphatic carbocycles. The van der Waals surface area contributed by atoms with Crippen LogP contribution in [0.15, 0.2) is 40.3 Å². The SMILES string of the molecule is CCCS(=N)(=O)c1nc(N)c2c(n1)n(Cc1ccccc1)c(=O)n2C(C)C(=O)O. The van der Waals surface area contributed by atoms with Crippen molar-refractivity contribution in [2.24, 2.45) is 0 Å². The minimum atomic E-state index is -3.30. The number of aliphatic carboxylic acids is 1. The summed E-state index contributed by atoms with van der Waals surface area (Å²) >= 11 is 0. The molecule has 11 heteroatoms. The van der Waals surface area contributed by atoms with Crippen LogP contribution in [0.5, 0.6) is 0 Å². The van der Waals surface area contributed by atoms with E-state index < -0.39 is 27.4 Å². The van der Waals surface area contributed by atoms with Crippen LogP contribution in [0.4, 0.5) is 5.82 Å². The Labute approximate surface area is 167 Å². The number of hydrogen-bond acceptors (Lipinski definition) is 7. The summed E-state index contributed by atoms with van der Waals surface area (Å²) in [7, 11) is -3.30. The van der Waals surface area contributed by atoms with Gasteiger partial charge in [-0.25, -0.2) is 23.6 Å². The van der Waals surface area contributed by atoms with E-state index in [2.05, 4.69) is 9.97 Å². The highest BCUT2D eigenvalue weighted by Crippen LogP contribution is 2.24. The normalized spacial score (nSPS) is 14.6. The lowest BCUT2D eigenvalue weighted by Gasteiger charge is -2.10. The van der Waals surface area contributed by atoms with Gasteiger partial charge in [-0.1, -0.05) is 37.3 Å². The Morgan fingerprint density at radius 3 is 2.55 bits per heavy atom. The number of anilines is 1. The van der Waals surface area contributed by atoms with Crippen LogP contribution in [0, 0.1) is 4.78 Å². The number of aromatic nitrogens is 4. The highest BCUT2D eigenvalue weighted by Gasteiger charge is 2.27. The molecule has 29 heavy (non-hydrogen) atoms. The summed E-state index contributed by atoms with van der Waals surface area (Å²) in [6, 6.07) is 7.87. The Morgan fingerprint density at radius 1 is 1.31 bits per heavy atom. The van der Waals surface area contributed by atoms with Crippen molar-refractivity contribution >= 4 is 32.7 Å². The second-order valence-corrected chi connectivity index (χ2v) is 8.81. The monoisotopic (exact) mass is 418 g/mol. The largest absolute Gasteiger partial charge is 0.480 e. The van der Waals surface area contributed by atoms with E-state index in [9.17, 15) is 18.9 Å². The zero-order chi connectivity index (χ0) is 21.3. The van der Waals surface area contributed by atoms with Crippen LogP contribution in [0.1, 0.15) is 31.9 Å². The lowest BCUT2D eigenvalue weighted by Crippen LogP contribution is -2.30. The lowest BCUT2D eigenvalue weighted by atomic mass is 10.2. The molecule has 2 aromatic heterocycles. The maximum Gasteiger partial charge on any atom is 0.331 e. The average molecular weight is 418 g/mol. The van der Waals surface area contributed by atoms with Gasteiger partial charge in [-0.15, -0.1) is 0 Å². The van der Waals surface area contributed by atoms with Gasteiger partial charge >= 0.3 is 11.7 Å². The van der Waals surface area contributed by atoms with Crippen LogP contribution in [0.2, 0.25) is 0 Å². The maximum atomic E-state index is 13.1. The number of nitrogens with two attached hydrogens (primary N) is 1. The molecule has 0 saturated heterocycles. The molecule has 154 valence electrons. The molecule has 0 spiro atoms. The number of carbonyl (C=O) groups is 1. The zero-order valence-corrected chi connectivity index (χ0v) is 16.8. The van der Waals surface area contributed by atoms with Gasteiger partial charge in [0.2, 0.25) is 5.16 Å². The number of carboxylic acids is 1. The molecule has 3 rings (SSSR count). The Bertz CT molecular complexity index is 1230. The van der Waals surface area contributed by atoms with Crippen LogP contribution in [0.25, 0.3) is 11.2 Å². The van der Waals surface area contributed by atoms with Gasteiger partial charge in [0.1, 0.15) is 21.3 Å². The molecule has 0 amide bonds. The Balaban J connectivity index is 2.35. The van der Waals surface area contributed by atoms with E-state index >= 15 is 0 Å². The van der Waals surface area contributed by atoms with Crippen molar-refractivity contribution in [1.29, 1.82) is 4.78 Å². The van der Waals surface area contributed by atoms with E-state index in [0.29, 0.717) is 6.42 Å². The maximum absolute atomic E-state index is 13.1. The minimum Gasteiger partial charge on any atom is -0.480 e. The van der Waals surface area contributed by atoms with Crippen LogP contribution in [-0.2, 0) is 21.1 Å². The van der Waals surface area contributed by atoms with Crippen molar-refractivity contribution in [2.45, 2.75) is 38.0 Å². The van der Waals surface area contributed by atoms with E-state index in [-0.39, 0.29) is 34.4 Å². The number of nitrogens with zero attached hydrogens (tertiary/aromatic N) is 4. The van der Waals surface area contributed by atoms with Crippen LogP contribution < -0.4 is 11.4 Å². The molecule has 3 aromatic rings. The molecule has 0 saturated carbocycles. The molecule has 2 unspecified atom stereocenters. The fourth-order valence-electron chi connectivity index (χ4n) is 3.08. The topological polar surface area (TPSA) is 157 Å². The molecule has 0 radical (unpaired) electrons. The number of fused-ring (bicyclic) bond motifs is 1. The number of benzene rings is 1. The van der Waals surface area contributed by atoms with Gasteiger partial charge in [0, 0.05) is 5.75 Å². The van der Waals surface area contributed by atoms with E-state index in [1.54, 1.807) is 6.92 Å². The van der Waals surface area contributed by atoms with Crippen molar-refractivity contribution in [2.75, 3.05) is 11.5 Å². The summed E-state index contributed by atoms with van der Waals surface area (Å²) in [5, 5.41) is 9.18. The molecular weight excluding hydrogens is 396 g/mol. The van der Waals surface area contributed by atoms with Crippen molar-refractivity contribution in [3.05, 3.63) is 46.4 Å². The van der Waals surface area contributed by atoms with Gasteiger partial charge < -0.3 is 10.8 Å². The van der Waals surface area contributed by atoms with Gasteiger partial charge in [0.05, 0.1) is 6.54 Å². The lowest BCUT2D eigenvalue weighted by molar-refractivity contribution is -0.140. The first-order valence-electron chi connectivity index (χ1n) is 8.98. The molecule has 0 aliphatic heterocycles. The molecule has 4 N–H and O–H groups in total. The molecule has 0 aliphatic rings. The number of imidazole rings is 1. The van der Waals surface area contributed by atoms with Crippen LogP contribution in [-0.4, -0.2) is 40.1 Å². The van der Waals surface area contributed by atoms with Gasteiger partial charge in [-0.2, -0.15) is 4.98 Å². The number of rotatable bonds is 7. The molecule has 10 nitrogen and oxygen atoms in total. The summed E-state index contributed by atoms with van der Waals surface area (Å²) in [6.07, 6.45) is 0.484. The third-order valence-electron chi connectivity index (χ3n) is 4.52. The van der Waals surface area contributed by atoms with E-state index in [4.69, 9.17) is 10.5 Å². The Kier molecular flexibility index (Phi) is 5.42. The number of hydrogen-bond donors (Lipinski definition) is 3. The first-order valence-corrected chi connectivity index (χ1v) is 10.7. The smallest absolute Gasteiger partial charge is 0.331 e. The number of nitrogen functional groups attached to an aromatic ring is 1. The summed E-state index contributed by atoms with van der Waals surface area (Å²) < 4.78 is 23.1. The first kappa shape index (κ1) is 20.5. The first-order chi connectivity index (χ1) is 13.7. The highest BCUT2D eigenvalue weighted by molar-refractivity contribution is 7.92. The molecule has 2 atom stereocenters. The van der Waals surface area contributed by atoms with Crippen molar-refractivity contribution in [3.8, 4) is 0 Å². The molecule has 0 bridgehead atoms. The Morgan fingerprint density at radius 2 is 1.97 bits per heavy atom. The van der Waals surface area contributed by atoms with Crippen molar-refractivity contribution in [3.63, 3.8) is 0 Å². The predicted octanol–water partition coefficient (Wildman–Crippen LogP) is 1.68. The second-order valence-electron chi connectivity index (χ2n) is 6.68. The van der Waals surface area contributed by atoms with E-state index in [1.807, 2.05) is 30.3 Å². The standard InChI is InChI=1S/C18H22N6O4S/c1-3-9-29(20,28)17-21-14(19)13-15(22-17)23(10-12-7-5-4-6-8-12)18(27)24(13)11(2)16(25)26/h4-8,11,20H,3,9-10H2,1-2H3,(H,25,26)(H2,19,21,22). The molecule has 2 heterocycles. The van der Waals surface area contributed by atoms with Crippen molar-refractivity contribution in [1.82, 2.24) is 19.1 Å². The molecular formula is C18H22N6O4S. The van der Waals surface area contributed by atoms with Gasteiger partial charge in [0.15, 0.2) is 11.5 Å². The highest BCUT2D eigenvalue weighted by atomic mass is 32.2. The average Bonchev–Trinajstić information content (AvgIpc) is 2.94. The van der Waals surface area contributed by atoms with Crippen LogP contribution in [0.3, 0.4) is 0 Å². The summed E-state index contributed by atoms with van der Waals surface area (Å²) in [6.45, 7) is 3.25.